The third-order valence-corrected chi connectivity index (χ3v) is 4.21. The third kappa shape index (κ3) is 2.96. The molecule has 4 heteroatoms. The van der Waals surface area contributed by atoms with Gasteiger partial charge in [0.1, 0.15) is 17.5 Å². The van der Waals surface area contributed by atoms with Gasteiger partial charge < -0.3 is 5.73 Å². The quantitative estimate of drug-likeness (QED) is 0.701. The van der Waals surface area contributed by atoms with Crippen molar-refractivity contribution in [2.45, 2.75) is 6.92 Å². The van der Waals surface area contributed by atoms with Gasteiger partial charge in [0.15, 0.2) is 0 Å². The topological polar surface area (TPSA) is 62.7 Å². The molecule has 112 valence electrons. The van der Waals surface area contributed by atoms with Crippen LogP contribution in [0.5, 0.6) is 0 Å². The number of benzene rings is 2. The van der Waals surface area contributed by atoms with Crippen LogP contribution in [0.1, 0.15) is 11.1 Å². The molecule has 3 rings (SSSR count). The maximum Gasteiger partial charge on any atom is 0.142 e. The average Bonchev–Trinajstić information content (AvgIpc) is 2.54. The van der Waals surface area contributed by atoms with Crippen LogP contribution in [0.25, 0.3) is 22.4 Å². The van der Waals surface area contributed by atoms with Gasteiger partial charge in [0.05, 0.1) is 5.69 Å². The SMILES string of the molecule is Cc1ccccc1-c1cc(-c2cccc(Br)c2)nc(N)c1C#N. The van der Waals surface area contributed by atoms with Crippen LogP contribution in [-0.4, -0.2) is 4.98 Å². The minimum absolute atomic E-state index is 0.253. The van der Waals surface area contributed by atoms with Crippen LogP contribution in [0.3, 0.4) is 0 Å². The highest BCUT2D eigenvalue weighted by Crippen LogP contribution is 2.33. The fourth-order valence-electron chi connectivity index (χ4n) is 2.57. The second-order valence-corrected chi connectivity index (χ2v) is 6.17. The van der Waals surface area contributed by atoms with E-state index < -0.39 is 0 Å². The van der Waals surface area contributed by atoms with Gasteiger partial charge in [0.2, 0.25) is 0 Å². The number of rotatable bonds is 2. The fraction of sp³-hybridized carbons (Fsp3) is 0.0526. The predicted octanol–water partition coefficient (Wildman–Crippen LogP) is 4.94. The predicted molar refractivity (Wildman–Crippen MR) is 96.7 cm³/mol. The van der Waals surface area contributed by atoms with Crippen LogP contribution < -0.4 is 5.73 Å². The number of nitriles is 1. The van der Waals surface area contributed by atoms with Crippen molar-refractivity contribution in [3.05, 3.63) is 70.2 Å². The Labute approximate surface area is 143 Å². The van der Waals surface area contributed by atoms with Gasteiger partial charge in [-0.25, -0.2) is 4.98 Å². The van der Waals surface area contributed by atoms with E-state index in [4.69, 9.17) is 5.73 Å². The molecule has 3 nitrogen and oxygen atoms in total. The molecule has 0 fully saturated rings. The lowest BCUT2D eigenvalue weighted by Crippen LogP contribution is -2.00. The van der Waals surface area contributed by atoms with Crippen molar-refractivity contribution in [2.75, 3.05) is 5.73 Å². The van der Waals surface area contributed by atoms with Gasteiger partial charge in [-0.1, -0.05) is 52.3 Å². The van der Waals surface area contributed by atoms with Gasteiger partial charge >= 0.3 is 0 Å². The highest BCUT2D eigenvalue weighted by Gasteiger charge is 2.14. The van der Waals surface area contributed by atoms with Crippen LogP contribution in [0.15, 0.2) is 59.1 Å². The monoisotopic (exact) mass is 363 g/mol. The summed E-state index contributed by atoms with van der Waals surface area (Å²) in [6.45, 7) is 2.02. The lowest BCUT2D eigenvalue weighted by molar-refractivity contribution is 1.30. The number of nitrogens with two attached hydrogens (primary N) is 1. The van der Waals surface area contributed by atoms with Gasteiger partial charge in [0, 0.05) is 15.6 Å². The average molecular weight is 364 g/mol. The molecule has 0 spiro atoms. The number of anilines is 1. The smallest absolute Gasteiger partial charge is 0.142 e. The molecule has 0 atom stereocenters. The van der Waals surface area contributed by atoms with E-state index in [1.807, 2.05) is 61.5 Å². The second-order valence-electron chi connectivity index (χ2n) is 5.25. The number of nitrogens with zero attached hydrogens (tertiary/aromatic N) is 2. The van der Waals surface area contributed by atoms with Gasteiger partial charge in [-0.3, -0.25) is 0 Å². The summed E-state index contributed by atoms with van der Waals surface area (Å²) in [5.74, 6) is 0.253. The highest BCUT2D eigenvalue weighted by molar-refractivity contribution is 9.10. The first-order valence-electron chi connectivity index (χ1n) is 7.12. The number of nitrogen functional groups attached to an aromatic ring is 1. The molecule has 1 aromatic heterocycles. The van der Waals surface area contributed by atoms with Gasteiger partial charge in [-0.2, -0.15) is 5.26 Å². The number of aromatic nitrogens is 1. The molecule has 1 heterocycles. The molecule has 0 radical (unpaired) electrons. The summed E-state index contributed by atoms with van der Waals surface area (Å²) in [5.41, 5.74) is 11.1. The molecule has 0 aliphatic heterocycles. The Balaban J connectivity index is 2.27. The van der Waals surface area contributed by atoms with Crippen molar-refractivity contribution >= 4 is 21.7 Å². The molecular weight excluding hydrogens is 350 g/mol. The molecule has 0 aliphatic carbocycles. The molecule has 0 unspecified atom stereocenters. The lowest BCUT2D eigenvalue weighted by Gasteiger charge is -2.12. The first kappa shape index (κ1) is 15.3. The van der Waals surface area contributed by atoms with E-state index in [2.05, 4.69) is 27.0 Å². The minimum Gasteiger partial charge on any atom is -0.383 e. The maximum absolute atomic E-state index is 9.48. The zero-order valence-electron chi connectivity index (χ0n) is 12.5. The standard InChI is InChI=1S/C19H14BrN3/c1-12-5-2-3-8-15(12)16-10-18(23-19(22)17(16)11-21)13-6-4-7-14(20)9-13/h2-10H,1H3,(H2,22,23). The molecule has 0 bridgehead atoms. The molecule has 2 N–H and O–H groups in total. The molecule has 2 aromatic carbocycles. The summed E-state index contributed by atoms with van der Waals surface area (Å²) < 4.78 is 0.970. The van der Waals surface area contributed by atoms with E-state index in [1.165, 1.54) is 0 Å². The third-order valence-electron chi connectivity index (χ3n) is 3.71. The van der Waals surface area contributed by atoms with Crippen LogP contribution >= 0.6 is 15.9 Å². The minimum atomic E-state index is 0.253. The zero-order chi connectivity index (χ0) is 16.4. The van der Waals surface area contributed by atoms with Gasteiger partial charge in [-0.15, -0.1) is 0 Å². The number of pyridine rings is 1. The molecule has 0 saturated heterocycles. The first-order valence-corrected chi connectivity index (χ1v) is 7.92. The summed E-state index contributed by atoms with van der Waals surface area (Å²) in [7, 11) is 0. The number of aryl methyl sites for hydroxylation is 1. The van der Waals surface area contributed by atoms with Gasteiger partial charge in [0.25, 0.3) is 0 Å². The van der Waals surface area contributed by atoms with Crippen LogP contribution in [-0.2, 0) is 0 Å². The Morgan fingerprint density at radius 1 is 1.04 bits per heavy atom. The molecule has 23 heavy (non-hydrogen) atoms. The fourth-order valence-corrected chi connectivity index (χ4v) is 2.96. The Kier molecular flexibility index (Phi) is 4.14. The zero-order valence-corrected chi connectivity index (χ0v) is 14.1. The Morgan fingerprint density at radius 2 is 1.83 bits per heavy atom. The second kappa shape index (κ2) is 6.23. The van der Waals surface area contributed by atoms with E-state index in [9.17, 15) is 5.26 Å². The largest absolute Gasteiger partial charge is 0.383 e. The number of halogens is 1. The normalized spacial score (nSPS) is 10.3. The first-order chi connectivity index (χ1) is 11.1. The van der Waals surface area contributed by atoms with E-state index in [0.717, 1.165) is 32.4 Å². The maximum atomic E-state index is 9.48. The lowest BCUT2D eigenvalue weighted by atomic mass is 9.95. The molecule has 3 aromatic rings. The number of hydrogen-bond donors (Lipinski definition) is 1. The summed E-state index contributed by atoms with van der Waals surface area (Å²) in [4.78, 5) is 4.41. The van der Waals surface area contributed by atoms with E-state index in [-0.39, 0.29) is 5.82 Å². The Morgan fingerprint density at radius 3 is 2.52 bits per heavy atom. The van der Waals surface area contributed by atoms with Crippen molar-refractivity contribution in [1.29, 1.82) is 5.26 Å². The van der Waals surface area contributed by atoms with Gasteiger partial charge in [-0.05, 0) is 36.2 Å². The summed E-state index contributed by atoms with van der Waals surface area (Å²) in [6, 6.07) is 19.9. The summed E-state index contributed by atoms with van der Waals surface area (Å²) >= 11 is 3.47. The van der Waals surface area contributed by atoms with Crippen molar-refractivity contribution in [1.82, 2.24) is 4.98 Å². The van der Waals surface area contributed by atoms with Crippen molar-refractivity contribution < 1.29 is 0 Å². The Hall–Kier alpha value is -2.64. The summed E-state index contributed by atoms with van der Waals surface area (Å²) in [6.07, 6.45) is 0. The van der Waals surface area contributed by atoms with Crippen LogP contribution in [0.4, 0.5) is 5.82 Å². The summed E-state index contributed by atoms with van der Waals surface area (Å²) in [5, 5.41) is 9.48. The van der Waals surface area contributed by atoms with Crippen molar-refractivity contribution in [3.8, 4) is 28.5 Å². The molecular formula is C19H14BrN3. The van der Waals surface area contributed by atoms with Crippen LogP contribution in [0.2, 0.25) is 0 Å². The van der Waals surface area contributed by atoms with Crippen molar-refractivity contribution in [3.63, 3.8) is 0 Å². The van der Waals surface area contributed by atoms with E-state index in [0.29, 0.717) is 5.56 Å². The van der Waals surface area contributed by atoms with E-state index >= 15 is 0 Å². The number of hydrogen-bond acceptors (Lipinski definition) is 3. The molecule has 0 saturated carbocycles. The van der Waals surface area contributed by atoms with Crippen molar-refractivity contribution in [2.24, 2.45) is 0 Å². The highest BCUT2D eigenvalue weighted by atomic mass is 79.9. The molecule has 0 amide bonds. The molecule has 0 aliphatic rings. The Bertz CT molecular complexity index is 926. The van der Waals surface area contributed by atoms with Crippen LogP contribution in [0, 0.1) is 18.3 Å². The van der Waals surface area contributed by atoms with E-state index in [1.54, 1.807) is 0 Å².